The van der Waals surface area contributed by atoms with Crippen LogP contribution in [0.3, 0.4) is 0 Å². The maximum absolute atomic E-state index is 5.83. The van der Waals surface area contributed by atoms with Crippen LogP contribution in [0, 0.1) is 29.6 Å². The first-order valence-corrected chi connectivity index (χ1v) is 22.8. The van der Waals surface area contributed by atoms with Crippen LogP contribution in [-0.2, 0) is 58.3 Å². The van der Waals surface area contributed by atoms with E-state index in [2.05, 4.69) is 74.6 Å². The molecule has 10 bridgehead atoms. The Labute approximate surface area is 369 Å². The molecule has 10 heterocycles. The topological polar surface area (TPSA) is 87.9 Å². The number of hydrogen-bond acceptors (Lipinski definition) is 9. The van der Waals surface area contributed by atoms with E-state index in [4.69, 9.17) is 77.1 Å². The molecule has 0 aromatic carbocycles. The maximum Gasteiger partial charge on any atom is 0.112 e. The van der Waals surface area contributed by atoms with Gasteiger partial charge in [0.25, 0.3) is 0 Å². The van der Waals surface area contributed by atoms with Gasteiger partial charge in [0.15, 0.2) is 0 Å². The number of fused-ring (bicyclic) bond motifs is 10. The molecule has 313 valence electrons. The average molecular weight is 974 g/mol. The van der Waals surface area contributed by atoms with Crippen LogP contribution in [0.25, 0.3) is 5.32 Å². The first kappa shape index (κ1) is 49.0. The number of thioether (sulfide) groups is 1. The van der Waals surface area contributed by atoms with Crippen LogP contribution < -0.4 is 0 Å². The molecule has 0 aliphatic carbocycles. The molecule has 0 N–H and O–H groups in total. The number of rotatable bonds is 5. The number of hydrogen-bond donors (Lipinski definition) is 0. The number of ether oxygens (including phenoxy) is 8. The van der Waals surface area contributed by atoms with Gasteiger partial charge >= 0.3 is 0 Å². The quantitative estimate of drug-likeness (QED) is 0.357. The van der Waals surface area contributed by atoms with Crippen molar-refractivity contribution >= 4 is 51.0 Å². The summed E-state index contributed by atoms with van der Waals surface area (Å²) in [5, 5.41) is 5.01. The van der Waals surface area contributed by atoms with Gasteiger partial charge in [-0.25, -0.2) is 0 Å². The van der Waals surface area contributed by atoms with Gasteiger partial charge in [-0.2, -0.15) is 11.8 Å². The molecule has 10 rings (SSSR count). The molecule has 11 radical (unpaired) electrons. The van der Waals surface area contributed by atoms with Gasteiger partial charge in [0, 0.05) is 97.8 Å². The van der Waals surface area contributed by atoms with E-state index in [1.807, 2.05) is 11.8 Å². The molecule has 10 fully saturated rings. The summed E-state index contributed by atoms with van der Waals surface area (Å²) < 4.78 is 45.2. The van der Waals surface area contributed by atoms with Crippen molar-refractivity contribution < 1.29 is 58.3 Å². The fraction of sp³-hybridized carbons (Fsp3) is 1.00. The van der Waals surface area contributed by atoms with Crippen LogP contribution in [0.1, 0.15) is 108 Å². The largest absolute Gasteiger partial charge is 0.655 e. The summed E-state index contributed by atoms with van der Waals surface area (Å²) in [6.45, 7) is 24.8. The summed E-state index contributed by atoms with van der Waals surface area (Å²) in [6, 6.07) is -0.489. The monoisotopic (exact) mass is 975 g/mol. The minimum absolute atomic E-state index is 0. The second-order valence-electron chi connectivity index (χ2n) is 18.2. The molecule has 9 nitrogen and oxygen atoms in total. The van der Waals surface area contributed by atoms with Crippen molar-refractivity contribution in [1.82, 2.24) is 0 Å². The van der Waals surface area contributed by atoms with E-state index in [0.29, 0.717) is 34.8 Å². The van der Waals surface area contributed by atoms with Gasteiger partial charge in [-0.3, -0.25) is 0 Å². The van der Waals surface area contributed by atoms with Gasteiger partial charge in [0.1, 0.15) is 39.2 Å². The van der Waals surface area contributed by atoms with Crippen molar-refractivity contribution in [1.29, 1.82) is 0 Å². The fourth-order valence-corrected chi connectivity index (χ4v) is 13.1. The molecule has 10 aliphatic heterocycles. The first-order valence-electron chi connectivity index (χ1n) is 21.8. The molecule has 0 aromatic rings. The van der Waals surface area contributed by atoms with Crippen LogP contribution in [0.2, 0.25) is 0 Å². The zero-order valence-electron chi connectivity index (χ0n) is 36.3. The molecular weight excluding hydrogens is 907 g/mol. The Bertz CT molecular complexity index is 1190. The molecule has 0 amide bonds. The minimum atomic E-state index is -0.206. The minimum Gasteiger partial charge on any atom is -0.655 e. The Morgan fingerprint density at radius 2 is 0.930 bits per heavy atom. The van der Waals surface area contributed by atoms with E-state index in [1.54, 1.807) is 0 Å². The third kappa shape index (κ3) is 8.54. The zero-order valence-corrected chi connectivity index (χ0v) is 39.9. The van der Waals surface area contributed by atoms with Gasteiger partial charge in [-0.05, 0) is 43.9 Å². The Morgan fingerprint density at radius 1 is 0.509 bits per heavy atom. The molecule has 5 unspecified atom stereocenters. The Balaban J connectivity index is 0.000000135. The van der Waals surface area contributed by atoms with E-state index in [0.717, 1.165) is 70.6 Å². The van der Waals surface area contributed by atoms with Crippen LogP contribution >= 0.6 is 11.8 Å². The Hall–Kier alpha value is 0.977. The van der Waals surface area contributed by atoms with E-state index < -0.39 is 0 Å². The molecule has 10 aliphatic rings. The van der Waals surface area contributed by atoms with Gasteiger partial charge < -0.3 is 43.2 Å². The SMILES string of the molecule is [B][C@@H]1O[C@@]2(CC)CCOC1[C@H]2C.[B][C@@H]1O[C@@]2(CC)COC1[C@H]2C.[B][C@@H]1O[C@@]2(CC)CSC1[C@H]2C.[B][C@@H]1O[C@@]2(CC)C[N-]C1[C@H]2C.[B][C@@H]1O[C@]2(CC)COC1[C@@H]2C.[Re]. The summed E-state index contributed by atoms with van der Waals surface area (Å²) in [5.74, 6) is 3.68. The standard InChI is InChI=1S/C9H15BO2.C8H13BNO.2C8H13BO2.C8H13BOS.Re/c1-3-9-4-5-11-7(6(9)2)8(10)12-9;3*1-3-8-4-10-6(5(8)2)7(9)11-8;1-3-8-4-11-6(5(8)2)7(9)10-8;/h6-8H,3-5H2,1-2H3;4*5-7H,3-4H2,1-2H3;/q;-1;;;;/t6-,7?,8-,9+;5-,6?,7-,8+;5-,6?,7+,8+;2*5-,6?,7-,8+;/m11011./s1. The van der Waals surface area contributed by atoms with E-state index in [1.165, 1.54) is 0 Å². The molecule has 57 heavy (non-hydrogen) atoms. The van der Waals surface area contributed by atoms with Gasteiger partial charge in [0.05, 0.1) is 53.9 Å². The second-order valence-corrected chi connectivity index (χ2v) is 19.4. The van der Waals surface area contributed by atoms with Gasteiger partial charge in [-0.15, -0.1) is 12.6 Å². The van der Waals surface area contributed by atoms with E-state index >= 15 is 0 Å². The van der Waals surface area contributed by atoms with Crippen LogP contribution in [-0.4, -0.2) is 159 Å². The van der Waals surface area contributed by atoms with Crippen molar-refractivity contribution in [3.63, 3.8) is 0 Å². The maximum atomic E-state index is 5.83. The smallest absolute Gasteiger partial charge is 0.112 e. The van der Waals surface area contributed by atoms with Crippen LogP contribution in [0.4, 0.5) is 0 Å². The molecule has 10 saturated heterocycles. The zero-order chi connectivity index (χ0) is 41.0. The predicted molar refractivity (Wildman–Crippen MR) is 226 cm³/mol. The molecule has 0 saturated carbocycles. The summed E-state index contributed by atoms with van der Waals surface area (Å²) in [4.78, 5) is 0. The molecule has 0 aromatic heterocycles. The predicted octanol–water partition coefficient (Wildman–Crippen LogP) is 4.94. The van der Waals surface area contributed by atoms with Crippen molar-refractivity contribution in [2.45, 2.75) is 195 Å². The van der Waals surface area contributed by atoms with E-state index in [-0.39, 0.29) is 103 Å². The Kier molecular flexibility index (Phi) is 16.3. The van der Waals surface area contributed by atoms with Crippen molar-refractivity contribution in [3.8, 4) is 0 Å². The van der Waals surface area contributed by atoms with Crippen molar-refractivity contribution in [2.24, 2.45) is 29.6 Å². The van der Waals surface area contributed by atoms with E-state index in [9.17, 15) is 0 Å². The van der Waals surface area contributed by atoms with Crippen LogP contribution in [0.5, 0.6) is 0 Å². The fourth-order valence-electron chi connectivity index (χ4n) is 11.3. The summed E-state index contributed by atoms with van der Waals surface area (Å²) >= 11 is 1.98. The average Bonchev–Trinajstić information content (AvgIpc) is 4.07. The third-order valence-corrected chi connectivity index (χ3v) is 17.8. The van der Waals surface area contributed by atoms with Crippen molar-refractivity contribution in [3.05, 3.63) is 5.32 Å². The second kappa shape index (κ2) is 19.0. The first-order chi connectivity index (χ1) is 26.5. The van der Waals surface area contributed by atoms with Crippen LogP contribution in [0.15, 0.2) is 0 Å². The van der Waals surface area contributed by atoms with Crippen molar-refractivity contribution in [2.75, 3.05) is 32.1 Å². The number of morpholine rings is 1. The molecular formula is C41H67B5NO8ReS-. The van der Waals surface area contributed by atoms with Gasteiger partial charge in [0.2, 0.25) is 0 Å². The normalized spacial score (nSPS) is 53.8. The Morgan fingerprint density at radius 3 is 1.21 bits per heavy atom. The third-order valence-electron chi connectivity index (χ3n) is 16.1. The summed E-state index contributed by atoms with van der Waals surface area (Å²) in [5.41, 5.74) is -0.00463. The molecule has 16 heteroatoms. The summed E-state index contributed by atoms with van der Waals surface area (Å²) in [6.07, 6.45) is 6.56. The van der Waals surface area contributed by atoms with Gasteiger partial charge in [-0.1, -0.05) is 69.2 Å². The molecule has 0 spiro atoms. The number of nitrogens with zero attached hydrogens (tertiary/aromatic N) is 1. The summed E-state index contributed by atoms with van der Waals surface area (Å²) in [7, 11) is 28.9. The molecule has 20 atom stereocenters.